The average Bonchev–Trinajstić information content (AvgIpc) is 2.90. The lowest BCUT2D eigenvalue weighted by Gasteiger charge is -2.12. The highest BCUT2D eigenvalue weighted by Crippen LogP contribution is 2.22. The molecule has 0 bridgehead atoms. The van der Waals surface area contributed by atoms with E-state index >= 15 is 0 Å². The van der Waals surface area contributed by atoms with E-state index in [4.69, 9.17) is 5.14 Å². The van der Waals surface area contributed by atoms with Gasteiger partial charge in [-0.15, -0.1) is 0 Å². The molecule has 1 aromatic carbocycles. The number of anilines is 1. The van der Waals surface area contributed by atoms with Crippen molar-refractivity contribution < 1.29 is 13.2 Å². The van der Waals surface area contributed by atoms with Gasteiger partial charge in [0.15, 0.2) is 0 Å². The Labute approximate surface area is 125 Å². The number of sulfonamides is 1. The van der Waals surface area contributed by atoms with Crippen molar-refractivity contribution >= 4 is 21.6 Å². The third-order valence-corrected chi connectivity index (χ3v) is 4.86. The van der Waals surface area contributed by atoms with Crippen molar-refractivity contribution in [3.63, 3.8) is 0 Å². The van der Waals surface area contributed by atoms with Crippen LogP contribution >= 0.6 is 0 Å². The number of hydrogen-bond acceptors (Lipinski definition) is 4. The molecule has 1 unspecified atom stereocenters. The summed E-state index contributed by atoms with van der Waals surface area (Å²) in [5, 5.41) is 11.2. The summed E-state index contributed by atoms with van der Waals surface area (Å²) < 4.78 is 22.9. The van der Waals surface area contributed by atoms with Crippen LogP contribution in [-0.2, 0) is 14.8 Å². The van der Waals surface area contributed by atoms with Crippen LogP contribution in [0.1, 0.15) is 24.8 Å². The number of primary sulfonamides is 1. The Hall–Kier alpha value is -1.44. The van der Waals surface area contributed by atoms with Gasteiger partial charge in [-0.2, -0.15) is 0 Å². The largest absolute Gasteiger partial charge is 0.326 e. The first-order valence-corrected chi connectivity index (χ1v) is 8.55. The van der Waals surface area contributed by atoms with E-state index in [1.54, 1.807) is 19.1 Å². The van der Waals surface area contributed by atoms with E-state index in [9.17, 15) is 13.2 Å². The highest BCUT2D eigenvalue weighted by atomic mass is 32.2. The van der Waals surface area contributed by atoms with Gasteiger partial charge in [0, 0.05) is 12.1 Å². The number of benzene rings is 1. The maximum atomic E-state index is 12.0. The Morgan fingerprint density at radius 3 is 2.86 bits per heavy atom. The van der Waals surface area contributed by atoms with Gasteiger partial charge in [0.1, 0.15) is 0 Å². The van der Waals surface area contributed by atoms with Gasteiger partial charge in [-0.25, -0.2) is 13.6 Å². The molecule has 116 valence electrons. The number of carbonyl (C=O) groups excluding carboxylic acids is 1. The van der Waals surface area contributed by atoms with Gasteiger partial charge >= 0.3 is 0 Å². The first-order valence-electron chi connectivity index (χ1n) is 7.01. The molecule has 21 heavy (non-hydrogen) atoms. The van der Waals surface area contributed by atoms with Crippen molar-refractivity contribution in [3.8, 4) is 0 Å². The molecule has 6 nitrogen and oxygen atoms in total. The first-order chi connectivity index (χ1) is 9.88. The molecule has 1 saturated heterocycles. The smallest absolute Gasteiger partial charge is 0.238 e. The van der Waals surface area contributed by atoms with Crippen LogP contribution in [-0.4, -0.2) is 27.4 Å². The van der Waals surface area contributed by atoms with Crippen molar-refractivity contribution in [2.24, 2.45) is 11.1 Å². The highest BCUT2D eigenvalue weighted by Gasteiger charge is 2.17. The molecule has 1 atom stereocenters. The van der Waals surface area contributed by atoms with Crippen molar-refractivity contribution in [2.45, 2.75) is 31.1 Å². The van der Waals surface area contributed by atoms with Crippen molar-refractivity contribution in [3.05, 3.63) is 23.8 Å². The van der Waals surface area contributed by atoms with E-state index in [0.29, 0.717) is 23.6 Å². The van der Waals surface area contributed by atoms with E-state index in [1.165, 1.54) is 6.07 Å². The van der Waals surface area contributed by atoms with Crippen LogP contribution in [0.5, 0.6) is 0 Å². The van der Waals surface area contributed by atoms with Crippen LogP contribution in [0.2, 0.25) is 0 Å². The highest BCUT2D eigenvalue weighted by molar-refractivity contribution is 7.89. The van der Waals surface area contributed by atoms with E-state index in [-0.39, 0.29) is 10.8 Å². The Morgan fingerprint density at radius 2 is 2.24 bits per heavy atom. The second-order valence-electron chi connectivity index (χ2n) is 5.42. The zero-order valence-electron chi connectivity index (χ0n) is 12.1. The zero-order valence-corrected chi connectivity index (χ0v) is 12.9. The quantitative estimate of drug-likeness (QED) is 0.754. The monoisotopic (exact) mass is 311 g/mol. The predicted molar refractivity (Wildman–Crippen MR) is 81.4 cm³/mol. The second kappa shape index (κ2) is 6.55. The third kappa shape index (κ3) is 4.26. The number of rotatable bonds is 5. The summed E-state index contributed by atoms with van der Waals surface area (Å²) in [5.41, 5.74) is 0.965. The third-order valence-electron chi connectivity index (χ3n) is 3.81. The van der Waals surface area contributed by atoms with E-state index in [0.717, 1.165) is 25.9 Å². The topological polar surface area (TPSA) is 101 Å². The predicted octanol–water partition coefficient (Wildman–Crippen LogP) is 0.971. The van der Waals surface area contributed by atoms with Gasteiger partial charge in [-0.3, -0.25) is 4.79 Å². The number of nitrogens with one attached hydrogen (secondary N) is 2. The van der Waals surface area contributed by atoms with Gasteiger partial charge in [0.2, 0.25) is 15.9 Å². The molecule has 4 N–H and O–H groups in total. The van der Waals surface area contributed by atoms with Crippen LogP contribution < -0.4 is 15.8 Å². The summed E-state index contributed by atoms with van der Waals surface area (Å²) in [6.07, 6.45) is 2.38. The molecule has 0 aliphatic carbocycles. The summed E-state index contributed by atoms with van der Waals surface area (Å²) in [4.78, 5) is 12.0. The van der Waals surface area contributed by atoms with Gasteiger partial charge in [-0.05, 0) is 56.5 Å². The van der Waals surface area contributed by atoms with Crippen LogP contribution in [0.25, 0.3) is 0 Å². The van der Waals surface area contributed by atoms with Gasteiger partial charge in [-0.1, -0.05) is 6.07 Å². The number of amides is 1. The molecular formula is C14H21N3O3S. The molecule has 7 heteroatoms. The van der Waals surface area contributed by atoms with Crippen molar-refractivity contribution in [2.75, 3.05) is 18.4 Å². The lowest BCUT2D eigenvalue weighted by Crippen LogP contribution is -2.18. The van der Waals surface area contributed by atoms with Gasteiger partial charge in [0.05, 0.1) is 4.90 Å². The fraction of sp³-hybridized carbons (Fsp3) is 0.500. The standard InChI is InChI=1S/C14H21N3O3S/c1-10-12(3-2-4-13(10)21(15,19)20)17-14(18)6-5-11-7-8-16-9-11/h2-4,11,16H,5-9H2,1H3,(H,17,18)(H2,15,19,20). The zero-order chi connectivity index (χ0) is 15.5. The molecule has 0 spiro atoms. The molecular weight excluding hydrogens is 290 g/mol. The Balaban J connectivity index is 2.00. The molecule has 1 aliphatic rings. The summed E-state index contributed by atoms with van der Waals surface area (Å²) in [6, 6.07) is 4.69. The molecule has 0 saturated carbocycles. The molecule has 1 aliphatic heterocycles. The fourth-order valence-corrected chi connectivity index (χ4v) is 3.37. The lowest BCUT2D eigenvalue weighted by molar-refractivity contribution is -0.116. The second-order valence-corrected chi connectivity index (χ2v) is 6.95. The minimum atomic E-state index is -3.78. The molecule has 0 radical (unpaired) electrons. The first kappa shape index (κ1) is 15.9. The van der Waals surface area contributed by atoms with Crippen LogP contribution in [0.3, 0.4) is 0 Å². The molecule has 0 aromatic heterocycles. The average molecular weight is 311 g/mol. The van der Waals surface area contributed by atoms with Crippen LogP contribution in [0, 0.1) is 12.8 Å². The Kier molecular flexibility index (Phi) is 4.97. The number of hydrogen-bond donors (Lipinski definition) is 3. The van der Waals surface area contributed by atoms with E-state index in [1.807, 2.05) is 0 Å². The summed E-state index contributed by atoms with van der Waals surface area (Å²) >= 11 is 0. The number of carbonyl (C=O) groups is 1. The van der Waals surface area contributed by atoms with Gasteiger partial charge < -0.3 is 10.6 Å². The van der Waals surface area contributed by atoms with Crippen LogP contribution in [0.4, 0.5) is 5.69 Å². The molecule has 1 amide bonds. The Bertz CT molecular complexity index is 622. The SMILES string of the molecule is Cc1c(NC(=O)CCC2CCNC2)cccc1S(N)(=O)=O. The minimum Gasteiger partial charge on any atom is -0.326 e. The maximum absolute atomic E-state index is 12.0. The van der Waals surface area contributed by atoms with Crippen LogP contribution in [0.15, 0.2) is 23.1 Å². The molecule has 1 fully saturated rings. The summed E-state index contributed by atoms with van der Waals surface area (Å²) in [6.45, 7) is 3.62. The Morgan fingerprint density at radius 1 is 1.48 bits per heavy atom. The number of nitrogens with two attached hydrogens (primary N) is 1. The summed E-state index contributed by atoms with van der Waals surface area (Å²) in [7, 11) is -3.78. The maximum Gasteiger partial charge on any atom is 0.238 e. The van der Waals surface area contributed by atoms with E-state index < -0.39 is 10.0 Å². The van der Waals surface area contributed by atoms with Crippen molar-refractivity contribution in [1.82, 2.24) is 5.32 Å². The summed E-state index contributed by atoms with van der Waals surface area (Å²) in [5.74, 6) is 0.448. The van der Waals surface area contributed by atoms with Gasteiger partial charge in [0.25, 0.3) is 0 Å². The lowest BCUT2D eigenvalue weighted by atomic mass is 10.0. The molecule has 1 aromatic rings. The van der Waals surface area contributed by atoms with Crippen molar-refractivity contribution in [1.29, 1.82) is 0 Å². The van der Waals surface area contributed by atoms with E-state index in [2.05, 4.69) is 10.6 Å². The minimum absolute atomic E-state index is 0.0419. The normalized spacial score (nSPS) is 18.7. The molecule has 2 rings (SSSR count). The molecule has 1 heterocycles. The fourth-order valence-electron chi connectivity index (χ4n) is 2.57.